The van der Waals surface area contributed by atoms with Crippen molar-refractivity contribution < 1.29 is 0 Å². The first kappa shape index (κ1) is 42.7. The molecule has 0 fully saturated rings. The monoisotopic (exact) mass is 996 g/mol. The number of anilines is 6. The van der Waals surface area contributed by atoms with Gasteiger partial charge in [-0.15, -0.1) is 0 Å². The molecule has 0 bridgehead atoms. The SMILES string of the molecule is c1ccc(N2c3cc4c(cc3B3c5ccccc5Sc5cc(-c6c7ccccc7cc7ccccc67)cc2c53)B2c3ccccc3Sc3cc(-c5c6ccccc6cc6ccccc56)cc(c32)N4c2ccccc2)cc1. The Morgan fingerprint density at radius 3 is 1.03 bits per heavy atom. The molecule has 4 aliphatic heterocycles. The van der Waals surface area contributed by atoms with Crippen molar-refractivity contribution in [3.05, 3.63) is 255 Å². The maximum absolute atomic E-state index is 2.64. The fourth-order valence-electron chi connectivity index (χ4n) is 13.5. The number of hydrogen-bond acceptors (Lipinski definition) is 4. The molecule has 0 spiro atoms. The third kappa shape index (κ3) is 6.17. The maximum Gasteiger partial charge on any atom is 0.249 e. The lowest BCUT2D eigenvalue weighted by Crippen LogP contribution is -2.64. The summed E-state index contributed by atoms with van der Waals surface area (Å²) >= 11 is 3.86. The fourth-order valence-corrected chi connectivity index (χ4v) is 15.9. The van der Waals surface area contributed by atoms with Crippen LogP contribution in [-0.4, -0.2) is 13.4 Å². The highest BCUT2D eigenvalue weighted by molar-refractivity contribution is 8.00. The van der Waals surface area contributed by atoms with Crippen LogP contribution in [0.5, 0.6) is 0 Å². The molecule has 2 nitrogen and oxygen atoms in total. The van der Waals surface area contributed by atoms with E-state index in [2.05, 4.69) is 265 Å². The summed E-state index contributed by atoms with van der Waals surface area (Å²) in [7, 11) is 0. The minimum absolute atomic E-state index is 0.00212. The van der Waals surface area contributed by atoms with Crippen LogP contribution in [0, 0.1) is 0 Å². The largest absolute Gasteiger partial charge is 0.311 e. The lowest BCUT2D eigenvalue weighted by atomic mass is 9.31. The third-order valence-electron chi connectivity index (χ3n) is 16.6. The number of benzene rings is 13. The Morgan fingerprint density at radius 1 is 0.263 bits per heavy atom. The summed E-state index contributed by atoms with van der Waals surface area (Å²) in [6.07, 6.45) is 0. The van der Waals surface area contributed by atoms with Gasteiger partial charge in [-0.25, -0.2) is 0 Å². The minimum Gasteiger partial charge on any atom is -0.311 e. The normalized spacial score (nSPS) is 13.6. The van der Waals surface area contributed by atoms with Crippen LogP contribution < -0.4 is 42.6 Å². The summed E-state index contributed by atoms with van der Waals surface area (Å²) in [4.78, 5) is 10.4. The van der Waals surface area contributed by atoms with E-state index >= 15 is 0 Å². The molecule has 13 aromatic rings. The van der Waals surface area contributed by atoms with Crippen molar-refractivity contribution >= 4 is 147 Å². The summed E-state index contributed by atoms with van der Waals surface area (Å²) in [5.41, 5.74) is 20.3. The summed E-state index contributed by atoms with van der Waals surface area (Å²) in [6.45, 7) is 0.00425. The third-order valence-corrected chi connectivity index (χ3v) is 18.9. The van der Waals surface area contributed by atoms with Crippen molar-refractivity contribution in [1.82, 2.24) is 0 Å². The number of para-hydroxylation sites is 2. The van der Waals surface area contributed by atoms with Crippen LogP contribution in [0.3, 0.4) is 0 Å². The molecule has 6 heteroatoms. The van der Waals surface area contributed by atoms with E-state index in [0.717, 1.165) is 11.4 Å². The second-order valence-corrected chi connectivity index (χ2v) is 22.8. The van der Waals surface area contributed by atoms with Gasteiger partial charge in [0.2, 0.25) is 13.4 Å². The Balaban J connectivity index is 0.984. The van der Waals surface area contributed by atoms with E-state index in [9.17, 15) is 0 Å². The van der Waals surface area contributed by atoms with Crippen LogP contribution in [0.1, 0.15) is 0 Å². The van der Waals surface area contributed by atoms with E-state index in [1.165, 1.54) is 140 Å². The smallest absolute Gasteiger partial charge is 0.249 e. The van der Waals surface area contributed by atoms with E-state index in [0.29, 0.717) is 0 Å². The summed E-state index contributed by atoms with van der Waals surface area (Å²) in [5, 5.41) is 10.1. The number of nitrogens with zero attached hydrogens (tertiary/aromatic N) is 2. The van der Waals surface area contributed by atoms with E-state index in [1.54, 1.807) is 0 Å². The standard InChI is InChI=1S/C70H42B2N2S2/c1-3-23-49(24-4-1)73-59-42-60-58(41-57(59)71-55-31-15-17-33-63(55)75-65-39-47(37-61(73)69(65)71)67-51-27-11-7-19-43(51)35-44-20-8-12-28-52(44)67)72-56-32-16-18-34-64(56)76-66-40-48(38-62(70(66)72)74(60)50-25-5-2-6-26-50)68-53-29-13-9-21-45(53)36-46-22-10-14-30-54(46)68/h1-42H. The van der Waals surface area contributed by atoms with Crippen LogP contribution in [0.2, 0.25) is 0 Å². The molecule has 0 aliphatic carbocycles. The highest BCUT2D eigenvalue weighted by Gasteiger charge is 2.46. The molecular weight excluding hydrogens is 955 g/mol. The highest BCUT2D eigenvalue weighted by atomic mass is 32.2. The molecule has 350 valence electrons. The van der Waals surface area contributed by atoms with Gasteiger partial charge >= 0.3 is 0 Å². The van der Waals surface area contributed by atoms with E-state index < -0.39 is 0 Å². The molecule has 4 aliphatic rings. The topological polar surface area (TPSA) is 6.48 Å². The van der Waals surface area contributed by atoms with E-state index in [-0.39, 0.29) is 13.4 Å². The van der Waals surface area contributed by atoms with E-state index in [1.807, 2.05) is 23.5 Å². The summed E-state index contributed by atoms with van der Waals surface area (Å²) in [5.74, 6) is 0. The molecule has 13 aromatic carbocycles. The Morgan fingerprint density at radius 2 is 0.618 bits per heavy atom. The van der Waals surface area contributed by atoms with Gasteiger partial charge in [0.05, 0.1) is 0 Å². The van der Waals surface area contributed by atoms with Crippen molar-refractivity contribution in [3.63, 3.8) is 0 Å². The predicted octanol–water partition coefficient (Wildman–Crippen LogP) is 15.2. The minimum atomic E-state index is 0.00212. The van der Waals surface area contributed by atoms with Gasteiger partial charge in [-0.3, -0.25) is 0 Å². The van der Waals surface area contributed by atoms with Gasteiger partial charge in [-0.2, -0.15) is 0 Å². The predicted molar refractivity (Wildman–Crippen MR) is 327 cm³/mol. The zero-order chi connectivity index (χ0) is 49.6. The molecule has 0 unspecified atom stereocenters. The first-order valence-electron chi connectivity index (χ1n) is 26.3. The average molecular weight is 997 g/mol. The molecule has 0 atom stereocenters. The molecule has 4 heterocycles. The second kappa shape index (κ2) is 16.4. The van der Waals surface area contributed by atoms with Gasteiger partial charge in [0, 0.05) is 53.7 Å². The molecule has 0 aromatic heterocycles. The maximum atomic E-state index is 2.64. The zero-order valence-corrected chi connectivity index (χ0v) is 42.7. The number of fused-ring (bicyclic) bond motifs is 12. The van der Waals surface area contributed by atoms with Crippen molar-refractivity contribution in [2.45, 2.75) is 19.6 Å². The molecular formula is C70H42B2N2S2. The van der Waals surface area contributed by atoms with Gasteiger partial charge in [0.1, 0.15) is 0 Å². The van der Waals surface area contributed by atoms with Crippen LogP contribution in [0.4, 0.5) is 34.1 Å². The van der Waals surface area contributed by atoms with Crippen LogP contribution in [-0.2, 0) is 0 Å². The molecule has 76 heavy (non-hydrogen) atoms. The number of hydrogen-bond donors (Lipinski definition) is 0. The molecule has 0 radical (unpaired) electrons. The molecule has 0 amide bonds. The van der Waals surface area contributed by atoms with Gasteiger partial charge in [-0.1, -0.05) is 210 Å². The summed E-state index contributed by atoms with van der Waals surface area (Å²) < 4.78 is 0. The lowest BCUT2D eigenvalue weighted by Gasteiger charge is -2.44. The Labute approximate surface area is 450 Å². The van der Waals surface area contributed by atoms with Crippen LogP contribution in [0.15, 0.2) is 274 Å². The van der Waals surface area contributed by atoms with Crippen LogP contribution >= 0.6 is 23.5 Å². The lowest BCUT2D eigenvalue weighted by molar-refractivity contribution is 1.24. The van der Waals surface area contributed by atoms with Gasteiger partial charge in [-0.05, 0) is 166 Å². The van der Waals surface area contributed by atoms with Crippen molar-refractivity contribution in [2.75, 3.05) is 9.80 Å². The Bertz CT molecular complexity index is 4240. The van der Waals surface area contributed by atoms with Crippen molar-refractivity contribution in [2.24, 2.45) is 0 Å². The van der Waals surface area contributed by atoms with Crippen LogP contribution in [0.25, 0.3) is 65.3 Å². The molecule has 0 saturated carbocycles. The van der Waals surface area contributed by atoms with Crippen molar-refractivity contribution in [1.29, 1.82) is 0 Å². The van der Waals surface area contributed by atoms with Gasteiger partial charge < -0.3 is 9.80 Å². The first-order valence-corrected chi connectivity index (χ1v) is 27.9. The van der Waals surface area contributed by atoms with Gasteiger partial charge in [0.25, 0.3) is 0 Å². The fraction of sp³-hybridized carbons (Fsp3) is 0. The molecule has 0 saturated heterocycles. The van der Waals surface area contributed by atoms with Gasteiger partial charge in [0.15, 0.2) is 0 Å². The second-order valence-electron chi connectivity index (χ2n) is 20.7. The summed E-state index contributed by atoms with van der Waals surface area (Å²) in [6, 6.07) is 96.3. The average Bonchev–Trinajstić information content (AvgIpc) is 3.51. The molecule has 0 N–H and O–H groups in total. The highest BCUT2D eigenvalue weighted by Crippen LogP contribution is 2.50. The van der Waals surface area contributed by atoms with Crippen molar-refractivity contribution in [3.8, 4) is 22.3 Å². The molecule has 17 rings (SSSR count). The Kier molecular flexibility index (Phi) is 9.21. The zero-order valence-electron chi connectivity index (χ0n) is 41.1. The first-order chi connectivity index (χ1) is 37.7. The quantitative estimate of drug-likeness (QED) is 0.128. The number of rotatable bonds is 4. The Hall–Kier alpha value is -8.67. The van der Waals surface area contributed by atoms with E-state index in [4.69, 9.17) is 0 Å².